The largest absolute Gasteiger partial charge is 0.445 e. The molecule has 0 fully saturated rings. The number of amides is 1. The monoisotopic (exact) mass is 427 g/mol. The molecule has 140 valence electrons. The zero-order chi connectivity index (χ0) is 19.5. The predicted molar refractivity (Wildman–Crippen MR) is 96.4 cm³/mol. The van der Waals surface area contributed by atoms with Crippen molar-refractivity contribution in [2.75, 3.05) is 6.61 Å². The number of allylic oxidation sites excluding steroid dienone is 1. The van der Waals surface area contributed by atoms with Gasteiger partial charge in [0.2, 0.25) is 0 Å². The topological polar surface area (TPSA) is 105 Å². The maximum atomic E-state index is 14.7. The van der Waals surface area contributed by atoms with E-state index in [2.05, 4.69) is 26.0 Å². The van der Waals surface area contributed by atoms with E-state index in [0.717, 1.165) is 9.15 Å². The van der Waals surface area contributed by atoms with Gasteiger partial charge >= 0.3 is 11.8 Å². The summed E-state index contributed by atoms with van der Waals surface area (Å²) < 4.78 is 22.5. The number of nitrogens with zero attached hydrogens (tertiary/aromatic N) is 4. The number of hydrogen-bond donors (Lipinski definition) is 1. The molecule has 2 aromatic heterocycles. The zero-order valence-electron chi connectivity index (χ0n) is 14.6. The van der Waals surface area contributed by atoms with Crippen molar-refractivity contribution in [1.82, 2.24) is 19.3 Å². The van der Waals surface area contributed by atoms with Crippen LogP contribution in [-0.2, 0) is 11.3 Å². The van der Waals surface area contributed by atoms with E-state index in [0.29, 0.717) is 5.82 Å². The van der Waals surface area contributed by atoms with Crippen molar-refractivity contribution < 1.29 is 13.9 Å². The molecule has 0 aromatic carbocycles. The summed E-state index contributed by atoms with van der Waals surface area (Å²) in [5.41, 5.74) is 3.74. The second-order valence-corrected chi connectivity index (χ2v) is 7.47. The molecule has 0 unspecified atom stereocenters. The summed E-state index contributed by atoms with van der Waals surface area (Å²) in [6.07, 6.45) is 1.81. The summed E-state index contributed by atoms with van der Waals surface area (Å²) >= 11 is 3.27. The Labute approximate surface area is 157 Å². The number of aromatic nitrogens is 4. The summed E-state index contributed by atoms with van der Waals surface area (Å²) in [6, 6.07) is 3.37. The van der Waals surface area contributed by atoms with E-state index in [1.165, 1.54) is 10.9 Å². The van der Waals surface area contributed by atoms with Crippen LogP contribution in [0.2, 0.25) is 0 Å². The van der Waals surface area contributed by atoms with Crippen LogP contribution in [0.15, 0.2) is 45.3 Å². The second kappa shape index (κ2) is 7.81. The van der Waals surface area contributed by atoms with Crippen molar-refractivity contribution >= 4 is 22.0 Å². The molecular weight excluding hydrogens is 409 g/mol. The maximum Gasteiger partial charge on any atom is 0.404 e. The van der Waals surface area contributed by atoms with Gasteiger partial charge in [0.1, 0.15) is 24.6 Å². The van der Waals surface area contributed by atoms with Crippen LogP contribution in [0.5, 0.6) is 0 Å². The first-order valence-electron chi connectivity index (χ1n) is 7.66. The van der Waals surface area contributed by atoms with Crippen LogP contribution >= 0.6 is 15.9 Å². The Morgan fingerprint density at radius 1 is 1.38 bits per heavy atom. The SMILES string of the molecule is CC(C)(C)/C(F)=C(\COC(N)=O)Cn1ncn(-c2ccc(Br)cn2)c1=O. The van der Waals surface area contributed by atoms with Gasteiger partial charge in [-0.1, -0.05) is 20.8 Å². The Bertz CT molecular complexity index is 881. The molecule has 0 radical (unpaired) electrons. The molecule has 2 rings (SSSR count). The van der Waals surface area contributed by atoms with Crippen molar-refractivity contribution in [3.05, 3.63) is 51.0 Å². The first kappa shape index (κ1) is 19.8. The van der Waals surface area contributed by atoms with E-state index in [1.807, 2.05) is 0 Å². The highest BCUT2D eigenvalue weighted by Crippen LogP contribution is 2.29. The number of hydrogen-bond acceptors (Lipinski definition) is 5. The van der Waals surface area contributed by atoms with Crippen molar-refractivity contribution in [3.63, 3.8) is 0 Å². The Morgan fingerprint density at radius 2 is 2.08 bits per heavy atom. The lowest BCUT2D eigenvalue weighted by Crippen LogP contribution is -2.27. The number of nitrogens with two attached hydrogens (primary N) is 1. The van der Waals surface area contributed by atoms with E-state index in [1.54, 1.807) is 39.1 Å². The van der Waals surface area contributed by atoms with Gasteiger partial charge in [0.15, 0.2) is 0 Å². The zero-order valence-corrected chi connectivity index (χ0v) is 16.2. The van der Waals surface area contributed by atoms with Crippen LogP contribution in [0.4, 0.5) is 9.18 Å². The van der Waals surface area contributed by atoms with E-state index in [-0.39, 0.29) is 18.7 Å². The molecule has 2 N–H and O–H groups in total. The molecular formula is C16H19BrFN5O3. The Hall–Kier alpha value is -2.49. The van der Waals surface area contributed by atoms with Crippen LogP contribution in [-0.4, -0.2) is 32.0 Å². The molecule has 10 heteroatoms. The fraction of sp³-hybridized carbons (Fsp3) is 0.375. The molecule has 8 nitrogen and oxygen atoms in total. The number of primary amides is 1. The van der Waals surface area contributed by atoms with E-state index < -0.39 is 23.0 Å². The molecule has 26 heavy (non-hydrogen) atoms. The lowest BCUT2D eigenvalue weighted by molar-refractivity contribution is 0.163. The van der Waals surface area contributed by atoms with Gasteiger partial charge in [0, 0.05) is 21.7 Å². The van der Waals surface area contributed by atoms with Crippen LogP contribution < -0.4 is 11.4 Å². The van der Waals surface area contributed by atoms with Gasteiger partial charge in [-0.3, -0.25) is 0 Å². The van der Waals surface area contributed by atoms with Crippen molar-refractivity contribution in [2.45, 2.75) is 27.3 Å². The van der Waals surface area contributed by atoms with Gasteiger partial charge in [0.05, 0.1) is 6.54 Å². The number of carbonyl (C=O) groups is 1. The molecule has 0 aliphatic carbocycles. The third-order valence-corrected chi connectivity index (χ3v) is 3.86. The molecule has 2 aromatic rings. The highest BCUT2D eigenvalue weighted by molar-refractivity contribution is 9.10. The van der Waals surface area contributed by atoms with E-state index in [4.69, 9.17) is 10.5 Å². The number of halogens is 2. The molecule has 0 bridgehead atoms. The summed E-state index contributed by atoms with van der Waals surface area (Å²) in [4.78, 5) is 27.5. The summed E-state index contributed by atoms with van der Waals surface area (Å²) in [5.74, 6) is -0.123. The molecule has 2 heterocycles. The first-order chi connectivity index (χ1) is 12.1. The standard InChI is InChI=1S/C16H19BrFN5O3/c1-16(2,3)13(18)10(8-26-14(19)24)7-23-15(25)22(9-21-23)12-5-4-11(17)6-20-12/h4-6,9H,7-8H2,1-3H3,(H2,19,24)/b13-10+. The van der Waals surface area contributed by atoms with Crippen molar-refractivity contribution in [1.29, 1.82) is 0 Å². The minimum Gasteiger partial charge on any atom is -0.445 e. The van der Waals surface area contributed by atoms with Gasteiger partial charge in [-0.05, 0) is 28.1 Å². The quantitative estimate of drug-likeness (QED) is 0.788. The van der Waals surface area contributed by atoms with Gasteiger partial charge in [-0.25, -0.2) is 28.2 Å². The molecule has 0 aliphatic heterocycles. The predicted octanol–water partition coefficient (Wildman–Crippen LogP) is 2.56. The molecule has 0 aliphatic rings. The third-order valence-electron chi connectivity index (χ3n) is 3.39. The number of rotatable bonds is 5. The average molecular weight is 428 g/mol. The maximum absolute atomic E-state index is 14.7. The lowest BCUT2D eigenvalue weighted by atomic mass is 9.92. The average Bonchev–Trinajstić information content (AvgIpc) is 2.91. The van der Waals surface area contributed by atoms with Crippen molar-refractivity contribution in [2.24, 2.45) is 11.1 Å². The Balaban J connectivity index is 2.36. The highest BCUT2D eigenvalue weighted by atomic mass is 79.9. The molecule has 0 saturated carbocycles. The fourth-order valence-electron chi connectivity index (χ4n) is 2.16. The van der Waals surface area contributed by atoms with Gasteiger partial charge in [-0.2, -0.15) is 5.10 Å². The van der Waals surface area contributed by atoms with Crippen LogP contribution in [0.1, 0.15) is 20.8 Å². The summed E-state index contributed by atoms with van der Waals surface area (Å²) in [5, 5.41) is 3.99. The van der Waals surface area contributed by atoms with Crippen molar-refractivity contribution in [3.8, 4) is 5.82 Å². The minimum atomic E-state index is -1.03. The van der Waals surface area contributed by atoms with Gasteiger partial charge in [-0.15, -0.1) is 0 Å². The first-order valence-corrected chi connectivity index (χ1v) is 8.45. The number of pyridine rings is 1. The molecule has 0 spiro atoms. The van der Waals surface area contributed by atoms with Crippen LogP contribution in [0.25, 0.3) is 5.82 Å². The van der Waals surface area contributed by atoms with E-state index >= 15 is 0 Å². The molecule has 0 atom stereocenters. The van der Waals surface area contributed by atoms with Gasteiger partial charge < -0.3 is 10.5 Å². The molecule has 1 amide bonds. The fourth-order valence-corrected chi connectivity index (χ4v) is 2.40. The Kier molecular flexibility index (Phi) is 5.96. The van der Waals surface area contributed by atoms with E-state index in [9.17, 15) is 14.0 Å². The van der Waals surface area contributed by atoms with Gasteiger partial charge in [0.25, 0.3) is 0 Å². The Morgan fingerprint density at radius 3 is 2.62 bits per heavy atom. The summed E-state index contributed by atoms with van der Waals surface area (Å²) in [7, 11) is 0. The highest BCUT2D eigenvalue weighted by Gasteiger charge is 2.23. The molecule has 0 saturated heterocycles. The lowest BCUT2D eigenvalue weighted by Gasteiger charge is -2.20. The number of carbonyl (C=O) groups excluding carboxylic acids is 1. The smallest absolute Gasteiger partial charge is 0.404 e. The number of ether oxygens (including phenoxy) is 1. The summed E-state index contributed by atoms with van der Waals surface area (Å²) in [6.45, 7) is 4.45. The minimum absolute atomic E-state index is 0.104. The van der Waals surface area contributed by atoms with Crippen LogP contribution in [0.3, 0.4) is 0 Å². The van der Waals surface area contributed by atoms with Crippen LogP contribution in [0, 0.1) is 5.41 Å². The normalized spacial score (nSPS) is 12.7. The second-order valence-electron chi connectivity index (χ2n) is 6.55. The third kappa shape index (κ3) is 4.78.